The third kappa shape index (κ3) is 22.9. The molecule has 83 heavy (non-hydrogen) atoms. The predicted octanol–water partition coefficient (Wildman–Crippen LogP) is 1.69. The van der Waals surface area contributed by atoms with Crippen LogP contribution in [0.15, 0.2) is 83.3 Å². The van der Waals surface area contributed by atoms with Crippen LogP contribution in [0.5, 0.6) is 11.5 Å². The highest BCUT2D eigenvalue weighted by atomic mass is 127. The van der Waals surface area contributed by atoms with E-state index in [1.54, 1.807) is 47.3 Å². The Kier molecular flexibility index (Phi) is 26.1. The monoisotopic (exact) mass is 1300 g/mol. The van der Waals surface area contributed by atoms with Gasteiger partial charge in [-0.1, -0.05) is 47.7 Å². The molecule has 5 rings (SSSR count). The minimum absolute atomic E-state index is 0.00752. The number of halogens is 1. The zero-order valence-electron chi connectivity index (χ0n) is 45.0. The number of aromatic nitrogens is 5. The number of phenols is 2. The lowest BCUT2D eigenvalue weighted by molar-refractivity contribution is -0.145. The first kappa shape index (κ1) is 66.1. The van der Waals surface area contributed by atoms with Crippen LogP contribution in [0.2, 0.25) is 0 Å². The topological polar surface area (TPSA) is 425 Å². The van der Waals surface area contributed by atoms with Gasteiger partial charge < -0.3 is 61.8 Å². The number of amides is 6. The number of hydrogen-bond donors (Lipinski definition) is 11. The van der Waals surface area contributed by atoms with E-state index in [1.807, 2.05) is 19.1 Å². The smallest absolute Gasteiger partial charge is 0.326 e. The first-order valence-corrected chi connectivity index (χ1v) is 29.4. The van der Waals surface area contributed by atoms with E-state index >= 15 is 0 Å². The Hall–Kier alpha value is -7.72. The molecule has 0 saturated heterocycles. The zero-order chi connectivity index (χ0) is 60.5. The summed E-state index contributed by atoms with van der Waals surface area (Å²) in [5, 5.41) is 75.0. The van der Waals surface area contributed by atoms with E-state index in [9.17, 15) is 67.2 Å². The van der Waals surface area contributed by atoms with Crippen molar-refractivity contribution in [1.82, 2.24) is 51.8 Å². The van der Waals surface area contributed by atoms with Crippen molar-refractivity contribution in [2.75, 3.05) is 44.8 Å². The second-order valence-corrected chi connectivity index (χ2v) is 22.9. The van der Waals surface area contributed by atoms with Gasteiger partial charge >= 0.3 is 11.9 Å². The molecule has 3 atom stereocenters. The van der Waals surface area contributed by atoms with Crippen LogP contribution in [-0.4, -0.2) is 159 Å². The number of benzene rings is 3. The van der Waals surface area contributed by atoms with Gasteiger partial charge in [-0.25, -0.2) is 23.1 Å². The molecule has 0 radical (unpaired) electrons. The minimum atomic E-state index is -4.07. The zero-order valence-corrected chi connectivity index (χ0v) is 48.7. The van der Waals surface area contributed by atoms with Crippen LogP contribution in [0.25, 0.3) is 0 Å². The first-order chi connectivity index (χ1) is 39.5. The lowest BCUT2D eigenvalue weighted by Gasteiger charge is -2.31. The lowest BCUT2D eigenvalue weighted by atomic mass is 9.73. The number of aliphatic carboxylic acids is 2. The summed E-state index contributed by atoms with van der Waals surface area (Å²) in [7, 11) is -4.07. The summed E-state index contributed by atoms with van der Waals surface area (Å²) in [5.41, 5.74) is 1.62. The van der Waals surface area contributed by atoms with Crippen molar-refractivity contribution < 1.29 is 76.7 Å². The van der Waals surface area contributed by atoms with Crippen molar-refractivity contribution in [3.63, 3.8) is 0 Å². The molecule has 0 unspecified atom stereocenters. The summed E-state index contributed by atoms with van der Waals surface area (Å²) in [6, 6.07) is 14.7. The molecule has 28 nitrogen and oxygen atoms in total. The molecule has 0 saturated carbocycles. The van der Waals surface area contributed by atoms with Gasteiger partial charge in [-0.05, 0) is 121 Å². The summed E-state index contributed by atoms with van der Waals surface area (Å²) in [6.07, 6.45) is 1.37. The molecule has 6 amide bonds. The molecular formula is C52H65IN12O16S2. The number of sulfonamides is 1. The van der Waals surface area contributed by atoms with Gasteiger partial charge in [0.25, 0.3) is 15.9 Å². The largest absolute Gasteiger partial charge is 0.508 e. The van der Waals surface area contributed by atoms with Crippen LogP contribution in [0.3, 0.4) is 0 Å². The van der Waals surface area contributed by atoms with Gasteiger partial charge in [0.1, 0.15) is 29.6 Å². The number of nitrogens with zero attached hydrogens (tertiary/aromatic N) is 5. The summed E-state index contributed by atoms with van der Waals surface area (Å²) >= 11 is 2.76. The molecule has 31 heteroatoms. The Morgan fingerprint density at radius 3 is 1.80 bits per heavy atom. The number of carbonyl (C=O) groups is 8. The molecule has 0 spiro atoms. The van der Waals surface area contributed by atoms with Crippen molar-refractivity contribution in [3.8, 4) is 11.5 Å². The van der Waals surface area contributed by atoms with Gasteiger partial charge in [0, 0.05) is 53.2 Å². The minimum Gasteiger partial charge on any atom is -0.508 e. The molecule has 0 aliphatic heterocycles. The normalized spacial score (nSPS) is 12.5. The number of anilines is 1. The van der Waals surface area contributed by atoms with Crippen molar-refractivity contribution in [2.45, 2.75) is 106 Å². The molecule has 0 bridgehead atoms. The lowest BCUT2D eigenvalue weighted by Crippen LogP contribution is -2.51. The summed E-state index contributed by atoms with van der Waals surface area (Å²) in [4.78, 5) is 103. The molecule has 0 aliphatic carbocycles. The molecule has 3 aromatic carbocycles. The number of hydrogen-bond acceptors (Lipinski definition) is 19. The summed E-state index contributed by atoms with van der Waals surface area (Å²) in [5.74, 6) is -7.34. The van der Waals surface area contributed by atoms with Crippen LogP contribution in [-0.2, 0) is 71.4 Å². The third-order valence-electron chi connectivity index (χ3n) is 12.6. The molecule has 0 fully saturated rings. The average molecular weight is 1310 g/mol. The number of rotatable bonds is 36. The highest BCUT2D eigenvalue weighted by Gasteiger charge is 2.33. The van der Waals surface area contributed by atoms with E-state index in [4.69, 9.17) is 14.6 Å². The molecule has 5 aromatic rings. The van der Waals surface area contributed by atoms with Gasteiger partial charge in [-0.15, -0.1) is 15.3 Å². The third-order valence-corrected chi connectivity index (χ3v) is 15.4. The number of ether oxygens (including phenoxy) is 2. The fraction of sp³-hybridized carbons (Fsp3) is 0.423. The number of carboxylic acids is 2. The molecule has 448 valence electrons. The Labute approximate surface area is 494 Å². The van der Waals surface area contributed by atoms with Gasteiger partial charge in [0.2, 0.25) is 39.0 Å². The second kappa shape index (κ2) is 32.8. The molecule has 2 heterocycles. The van der Waals surface area contributed by atoms with Crippen molar-refractivity contribution in [3.05, 3.63) is 105 Å². The Bertz CT molecular complexity index is 3070. The molecular weight excluding hydrogens is 1240 g/mol. The summed E-state index contributed by atoms with van der Waals surface area (Å²) < 4.78 is 36.1. The molecule has 0 aliphatic rings. The van der Waals surface area contributed by atoms with Crippen molar-refractivity contribution >= 4 is 96.5 Å². The highest BCUT2D eigenvalue weighted by molar-refractivity contribution is 14.1. The van der Waals surface area contributed by atoms with E-state index in [-0.39, 0.29) is 87.7 Å². The van der Waals surface area contributed by atoms with Crippen molar-refractivity contribution in [1.29, 1.82) is 0 Å². The van der Waals surface area contributed by atoms with E-state index in [2.05, 4.69) is 75.0 Å². The van der Waals surface area contributed by atoms with Crippen LogP contribution in [0.4, 0.5) is 5.13 Å². The Balaban J connectivity index is 1.11. The number of carbonyl (C=O) groups excluding carboxylic acids is 6. The molecule has 2 aromatic heterocycles. The molecule has 12 N–H and O–H groups in total. The number of unbranched alkanes of at least 4 members (excludes halogenated alkanes) is 1. The van der Waals surface area contributed by atoms with Crippen LogP contribution >= 0.6 is 33.9 Å². The number of carboxylic acid groups (broad SMARTS) is 2. The number of nitrogens with one attached hydrogen (secondary N) is 6. The quantitative estimate of drug-likeness (QED) is 0.0154. The van der Waals surface area contributed by atoms with Gasteiger partial charge in [-0.3, -0.25) is 33.4 Å². The number of primary sulfonamides is 1. The van der Waals surface area contributed by atoms with E-state index in [0.29, 0.717) is 65.9 Å². The Morgan fingerprint density at radius 2 is 1.24 bits per heavy atom. The highest BCUT2D eigenvalue weighted by Crippen LogP contribution is 2.38. The van der Waals surface area contributed by atoms with E-state index in [0.717, 1.165) is 3.57 Å². The fourth-order valence-corrected chi connectivity index (χ4v) is 9.80. The number of aryl methyl sites for hydroxylation is 2. The van der Waals surface area contributed by atoms with E-state index < -0.39 is 92.2 Å². The van der Waals surface area contributed by atoms with Crippen molar-refractivity contribution in [2.24, 2.45) is 5.14 Å². The van der Waals surface area contributed by atoms with Crippen LogP contribution in [0, 0.1) is 3.57 Å². The standard InChI is InChI=1S/C52H65IN12O16S2/c1-52(33-10-16-37(66)17-11-33,34-12-18-38(67)19-13-34)21-20-43(69)58-40(48(74)75)29-45(71)59-41(49(76)77)30-44(70)57-39(47(73)56-23-26-81-28-27-80-25-22-55-46(72)32-8-14-35(53)15-9-32)6-2-3-24-65-31-36(61-64-65)5-4-7-42(68)60-50-62-63-51(82-50)83(54,78)79/h8-19,31,39-41,66-67H,2-7,20-30H2,1H3,(H,55,72)(H,56,73)(H,57,70)(H,58,69)(H,59,71)(H,74,75)(H,76,77)(H2,54,78,79)(H,60,62,68)/t39-,40-,41-/m0/s1. The maximum atomic E-state index is 13.5. The van der Waals surface area contributed by atoms with Crippen LogP contribution < -0.4 is 37.0 Å². The number of nitrogens with two attached hydrogens (primary N) is 1. The van der Waals surface area contributed by atoms with Crippen LogP contribution in [0.1, 0.15) is 91.9 Å². The number of phenolic OH excluding ortho intramolecular Hbond substituents is 2. The maximum absolute atomic E-state index is 13.5. The van der Waals surface area contributed by atoms with Gasteiger partial charge in [0.15, 0.2) is 0 Å². The van der Waals surface area contributed by atoms with E-state index in [1.165, 1.54) is 24.3 Å². The number of aromatic hydroxyl groups is 2. The summed E-state index contributed by atoms with van der Waals surface area (Å²) in [6.45, 7) is 3.05. The second-order valence-electron chi connectivity index (χ2n) is 18.9. The van der Waals surface area contributed by atoms with Gasteiger partial charge in [0.05, 0.1) is 45.0 Å². The first-order valence-electron chi connectivity index (χ1n) is 25.9. The SMILES string of the molecule is CC(CCC(=O)N[C@@H](CC(=O)N[C@@H](CC(=O)N[C@@H](CCCCn1cc(CCCC(=O)Nc2nnc(S(N)(=O)=O)s2)nn1)C(=O)NCCOCCOCCNC(=O)c1ccc(I)cc1)C(=O)O)C(=O)O)(c1ccc(O)cc1)c1ccc(O)cc1. The maximum Gasteiger partial charge on any atom is 0.326 e. The van der Waals surface area contributed by atoms with Gasteiger partial charge in [-0.2, -0.15) is 0 Å². The average Bonchev–Trinajstić information content (AvgIpc) is 4.13. The predicted molar refractivity (Wildman–Crippen MR) is 305 cm³/mol. The fourth-order valence-electron chi connectivity index (χ4n) is 8.09. The Morgan fingerprint density at radius 1 is 0.687 bits per heavy atom.